The zero-order chi connectivity index (χ0) is 23.5. The van der Waals surface area contributed by atoms with Gasteiger partial charge in [0.15, 0.2) is 0 Å². The van der Waals surface area contributed by atoms with Crippen LogP contribution in [-0.2, 0) is 4.79 Å². The minimum atomic E-state index is -5.08. The molecule has 0 fully saturated rings. The van der Waals surface area contributed by atoms with Gasteiger partial charge in [-0.15, -0.1) is 0 Å². The Morgan fingerprint density at radius 2 is 1.78 bits per heavy atom. The summed E-state index contributed by atoms with van der Waals surface area (Å²) in [5, 5.41) is 14.2. The van der Waals surface area contributed by atoms with E-state index in [1.165, 1.54) is 0 Å². The fourth-order valence-corrected chi connectivity index (χ4v) is 2.97. The second kappa shape index (κ2) is 9.13. The van der Waals surface area contributed by atoms with Gasteiger partial charge in [0.25, 0.3) is 0 Å². The van der Waals surface area contributed by atoms with E-state index in [1.807, 2.05) is 45.3 Å². The molecular formula is C22H21F3N4O3. The highest BCUT2D eigenvalue weighted by Crippen LogP contribution is 2.27. The molecule has 0 radical (unpaired) electrons. The van der Waals surface area contributed by atoms with Crippen molar-refractivity contribution < 1.29 is 27.8 Å². The maximum Gasteiger partial charge on any atom is 0.490 e. The molecule has 3 aromatic heterocycles. The van der Waals surface area contributed by atoms with Crippen molar-refractivity contribution in [2.45, 2.75) is 33.1 Å². The van der Waals surface area contributed by atoms with Gasteiger partial charge < -0.3 is 9.84 Å². The number of aryl methyl sites for hydroxylation is 1. The second-order valence-electron chi connectivity index (χ2n) is 7.19. The Hall–Kier alpha value is -3.82. The van der Waals surface area contributed by atoms with Crippen LogP contribution >= 0.6 is 0 Å². The van der Waals surface area contributed by atoms with Gasteiger partial charge in [0.1, 0.15) is 11.4 Å². The summed E-state index contributed by atoms with van der Waals surface area (Å²) in [4.78, 5) is 13.5. The topological polar surface area (TPSA) is 92.5 Å². The summed E-state index contributed by atoms with van der Waals surface area (Å²) in [7, 11) is 0. The number of hydrogen-bond acceptors (Lipinski definition) is 4. The van der Waals surface area contributed by atoms with E-state index in [0.717, 1.165) is 39.5 Å². The molecule has 0 aliphatic heterocycles. The Morgan fingerprint density at radius 3 is 2.31 bits per heavy atom. The number of halogens is 3. The van der Waals surface area contributed by atoms with Crippen molar-refractivity contribution in [3.63, 3.8) is 0 Å². The number of H-pyrrole nitrogens is 1. The number of rotatable bonds is 4. The Balaban J connectivity index is 0.000000360. The van der Waals surface area contributed by atoms with E-state index >= 15 is 0 Å². The predicted octanol–water partition coefficient (Wildman–Crippen LogP) is 5.12. The normalized spacial score (nSPS) is 11.3. The van der Waals surface area contributed by atoms with Gasteiger partial charge in [-0.25, -0.2) is 9.78 Å². The first-order valence-electron chi connectivity index (χ1n) is 9.61. The molecule has 0 saturated carbocycles. The van der Waals surface area contributed by atoms with Gasteiger partial charge in [-0.1, -0.05) is 12.1 Å². The number of benzene rings is 1. The van der Waals surface area contributed by atoms with Crippen LogP contribution in [0.15, 0.2) is 55.0 Å². The van der Waals surface area contributed by atoms with Gasteiger partial charge in [-0.3, -0.25) is 9.50 Å². The van der Waals surface area contributed by atoms with Crippen molar-refractivity contribution in [1.29, 1.82) is 0 Å². The number of pyridine rings is 1. The van der Waals surface area contributed by atoms with E-state index in [0.29, 0.717) is 0 Å². The van der Waals surface area contributed by atoms with E-state index in [2.05, 4.69) is 50.0 Å². The number of nitrogens with zero attached hydrogens (tertiary/aromatic N) is 3. The maximum absolute atomic E-state index is 10.6. The summed E-state index contributed by atoms with van der Waals surface area (Å²) < 4.78 is 39.5. The highest BCUT2D eigenvalue weighted by Gasteiger charge is 2.38. The largest absolute Gasteiger partial charge is 0.491 e. The minimum Gasteiger partial charge on any atom is -0.491 e. The number of carboxylic acid groups (broad SMARTS) is 1. The standard InChI is InChI=1S/C20H20N4O.C2HF3O2/c1-13(2)25-17-6-4-15(5-7-17)16-8-9-24-19(12-21-20(24)10-16)18-11-22-23-14(18)3;3-2(4,5)1(6)7/h4-13H,1-3H3,(H,22,23);(H,6,7). The number of aromatic nitrogens is 4. The van der Waals surface area contributed by atoms with Crippen LogP contribution in [0.5, 0.6) is 5.75 Å². The van der Waals surface area contributed by atoms with E-state index in [4.69, 9.17) is 14.6 Å². The Kier molecular flexibility index (Phi) is 6.52. The van der Waals surface area contributed by atoms with Crippen LogP contribution in [0.25, 0.3) is 28.0 Å². The van der Waals surface area contributed by atoms with Crippen LogP contribution in [-0.4, -0.2) is 42.9 Å². The van der Waals surface area contributed by atoms with Crippen molar-refractivity contribution in [2.75, 3.05) is 0 Å². The highest BCUT2D eigenvalue weighted by molar-refractivity contribution is 5.73. The lowest BCUT2D eigenvalue weighted by Gasteiger charge is -2.10. The molecule has 168 valence electrons. The van der Waals surface area contributed by atoms with Crippen molar-refractivity contribution in [3.05, 3.63) is 60.7 Å². The van der Waals surface area contributed by atoms with Crippen LogP contribution in [0.3, 0.4) is 0 Å². The maximum atomic E-state index is 10.6. The molecule has 32 heavy (non-hydrogen) atoms. The molecule has 0 spiro atoms. The first kappa shape index (κ1) is 22.9. The minimum absolute atomic E-state index is 0.178. The van der Waals surface area contributed by atoms with Crippen molar-refractivity contribution >= 4 is 11.6 Å². The van der Waals surface area contributed by atoms with Crippen molar-refractivity contribution in [1.82, 2.24) is 19.6 Å². The molecule has 0 atom stereocenters. The molecule has 0 unspecified atom stereocenters. The van der Waals surface area contributed by atoms with E-state index in [1.54, 1.807) is 0 Å². The van der Waals surface area contributed by atoms with Gasteiger partial charge in [-0.05, 0) is 56.2 Å². The number of aromatic amines is 1. The zero-order valence-corrected chi connectivity index (χ0v) is 17.5. The van der Waals surface area contributed by atoms with Crippen LogP contribution in [0.2, 0.25) is 0 Å². The lowest BCUT2D eigenvalue weighted by Crippen LogP contribution is -2.21. The molecule has 1 aromatic carbocycles. The second-order valence-corrected chi connectivity index (χ2v) is 7.19. The zero-order valence-electron chi connectivity index (χ0n) is 17.5. The van der Waals surface area contributed by atoms with E-state index in [9.17, 15) is 13.2 Å². The number of alkyl halides is 3. The molecule has 4 aromatic rings. The molecule has 2 N–H and O–H groups in total. The summed E-state index contributed by atoms with van der Waals surface area (Å²) in [6, 6.07) is 12.4. The molecule has 0 aliphatic carbocycles. The highest BCUT2D eigenvalue weighted by atomic mass is 19.4. The van der Waals surface area contributed by atoms with Crippen LogP contribution in [0, 0.1) is 6.92 Å². The van der Waals surface area contributed by atoms with Crippen molar-refractivity contribution in [2.24, 2.45) is 0 Å². The Bertz CT molecular complexity index is 1210. The SMILES string of the molecule is Cc1[nH]ncc1-c1cnc2cc(-c3ccc(OC(C)C)cc3)ccn12.O=C(O)C(F)(F)F. The van der Waals surface area contributed by atoms with E-state index in [-0.39, 0.29) is 6.10 Å². The number of carboxylic acids is 1. The average Bonchev–Trinajstić information content (AvgIpc) is 3.33. The van der Waals surface area contributed by atoms with Crippen LogP contribution in [0.4, 0.5) is 13.2 Å². The van der Waals surface area contributed by atoms with Crippen molar-refractivity contribution in [3.8, 4) is 28.1 Å². The first-order chi connectivity index (χ1) is 15.1. The number of fused-ring (bicyclic) bond motifs is 1. The van der Waals surface area contributed by atoms with E-state index < -0.39 is 12.1 Å². The Labute approximate surface area is 181 Å². The molecule has 0 aliphatic rings. The lowest BCUT2D eigenvalue weighted by molar-refractivity contribution is -0.192. The third-order valence-corrected chi connectivity index (χ3v) is 4.42. The third kappa shape index (κ3) is 5.26. The number of aliphatic carboxylic acids is 1. The number of hydrogen-bond donors (Lipinski definition) is 2. The summed E-state index contributed by atoms with van der Waals surface area (Å²) >= 11 is 0. The summed E-state index contributed by atoms with van der Waals surface area (Å²) in [5.41, 5.74) is 6.32. The van der Waals surface area contributed by atoms with Crippen LogP contribution < -0.4 is 4.74 Å². The van der Waals surface area contributed by atoms with Gasteiger partial charge >= 0.3 is 12.1 Å². The molecule has 10 heteroatoms. The van der Waals surface area contributed by atoms with Gasteiger partial charge in [0.05, 0.1) is 24.2 Å². The molecule has 0 saturated heterocycles. The first-order valence-corrected chi connectivity index (χ1v) is 9.61. The smallest absolute Gasteiger partial charge is 0.490 e. The number of nitrogens with one attached hydrogen (secondary N) is 1. The molecule has 0 amide bonds. The van der Waals surface area contributed by atoms with Crippen LogP contribution in [0.1, 0.15) is 19.5 Å². The fraction of sp³-hybridized carbons (Fsp3) is 0.227. The third-order valence-electron chi connectivity index (χ3n) is 4.42. The molecule has 0 bridgehead atoms. The summed E-state index contributed by atoms with van der Waals surface area (Å²) in [6.07, 6.45) is 0.867. The quantitative estimate of drug-likeness (QED) is 0.454. The predicted molar refractivity (Wildman–Crippen MR) is 112 cm³/mol. The summed E-state index contributed by atoms with van der Waals surface area (Å²) in [6.45, 7) is 6.07. The Morgan fingerprint density at radius 1 is 1.12 bits per heavy atom. The molecular weight excluding hydrogens is 425 g/mol. The summed E-state index contributed by atoms with van der Waals surface area (Å²) in [5.74, 6) is -1.87. The lowest BCUT2D eigenvalue weighted by atomic mass is 10.1. The number of ether oxygens (including phenoxy) is 1. The van der Waals surface area contributed by atoms with Gasteiger partial charge in [0.2, 0.25) is 0 Å². The molecule has 4 rings (SSSR count). The van der Waals surface area contributed by atoms with Gasteiger partial charge in [0, 0.05) is 17.5 Å². The molecule has 3 heterocycles. The average molecular weight is 446 g/mol. The number of imidazole rings is 1. The number of carbonyl (C=O) groups is 1. The monoisotopic (exact) mass is 446 g/mol. The fourth-order valence-electron chi connectivity index (χ4n) is 2.97. The van der Waals surface area contributed by atoms with Gasteiger partial charge in [-0.2, -0.15) is 18.3 Å². The molecule has 7 nitrogen and oxygen atoms in total.